The van der Waals surface area contributed by atoms with E-state index in [1.807, 2.05) is 16.8 Å². The first-order valence-electron chi connectivity index (χ1n) is 6.50. The fraction of sp³-hybridized carbons (Fsp3) is 0.429. The number of carbonyl (C=O) groups is 1. The van der Waals surface area contributed by atoms with Crippen LogP contribution in [-0.2, 0) is 0 Å². The largest absolute Gasteiger partial charge is 0.394 e. The van der Waals surface area contributed by atoms with Crippen molar-refractivity contribution < 1.29 is 9.90 Å². The highest BCUT2D eigenvalue weighted by molar-refractivity contribution is 7.14. The molecule has 0 fully saturated rings. The van der Waals surface area contributed by atoms with Crippen molar-refractivity contribution in [3.63, 3.8) is 0 Å². The minimum absolute atomic E-state index is 0.0502. The molecule has 2 N–H and O–H groups in total. The number of aliphatic hydroxyl groups is 1. The number of amides is 1. The Labute approximate surface area is 126 Å². The first-order chi connectivity index (χ1) is 9.60. The van der Waals surface area contributed by atoms with Crippen molar-refractivity contribution >= 4 is 28.6 Å². The zero-order valence-corrected chi connectivity index (χ0v) is 13.1. The van der Waals surface area contributed by atoms with Crippen LogP contribution in [0.15, 0.2) is 22.2 Å². The molecule has 1 amide bonds. The molecule has 6 heteroatoms. The zero-order valence-electron chi connectivity index (χ0n) is 11.5. The minimum Gasteiger partial charge on any atom is -0.394 e. The van der Waals surface area contributed by atoms with E-state index < -0.39 is 0 Å². The Bertz CT molecular complexity index is 549. The normalized spacial score (nSPS) is 12.6. The number of rotatable bonds is 6. The van der Waals surface area contributed by atoms with E-state index in [0.29, 0.717) is 11.6 Å². The van der Waals surface area contributed by atoms with Gasteiger partial charge in [-0.25, -0.2) is 4.98 Å². The summed E-state index contributed by atoms with van der Waals surface area (Å²) in [4.78, 5) is 16.5. The van der Waals surface area contributed by atoms with Crippen LogP contribution >= 0.6 is 22.7 Å². The summed E-state index contributed by atoms with van der Waals surface area (Å²) in [5.41, 5.74) is 1.46. The topological polar surface area (TPSA) is 62.2 Å². The number of aliphatic hydroxyl groups excluding tert-OH is 1. The second kappa shape index (κ2) is 6.97. The van der Waals surface area contributed by atoms with Gasteiger partial charge in [-0.2, -0.15) is 11.3 Å². The number of nitrogens with zero attached hydrogens (tertiary/aromatic N) is 1. The number of hydrogen-bond acceptors (Lipinski definition) is 5. The monoisotopic (exact) mass is 310 g/mol. The lowest BCUT2D eigenvalue weighted by Gasteiger charge is -2.17. The number of hydrogen-bond donors (Lipinski definition) is 2. The fourth-order valence-corrected chi connectivity index (χ4v) is 3.42. The van der Waals surface area contributed by atoms with E-state index in [9.17, 15) is 9.90 Å². The van der Waals surface area contributed by atoms with Crippen molar-refractivity contribution in [1.82, 2.24) is 10.3 Å². The third-order valence-electron chi connectivity index (χ3n) is 2.82. The SMILES string of the molecule is CC(C)CC(CO)NC(=O)c1csc(-c2ccsc2)n1. The molecule has 0 radical (unpaired) electrons. The maximum Gasteiger partial charge on any atom is 0.271 e. The molecule has 20 heavy (non-hydrogen) atoms. The Morgan fingerprint density at radius 2 is 2.25 bits per heavy atom. The highest BCUT2D eigenvalue weighted by atomic mass is 32.1. The van der Waals surface area contributed by atoms with Gasteiger partial charge in [0.25, 0.3) is 5.91 Å². The van der Waals surface area contributed by atoms with E-state index in [4.69, 9.17) is 0 Å². The van der Waals surface area contributed by atoms with E-state index in [2.05, 4.69) is 24.1 Å². The summed E-state index contributed by atoms with van der Waals surface area (Å²) in [5.74, 6) is 0.201. The molecule has 4 nitrogen and oxygen atoms in total. The molecule has 0 aliphatic heterocycles. The van der Waals surface area contributed by atoms with E-state index in [1.54, 1.807) is 16.7 Å². The van der Waals surface area contributed by atoms with Crippen molar-refractivity contribution in [2.45, 2.75) is 26.3 Å². The number of thiazole rings is 1. The lowest BCUT2D eigenvalue weighted by Crippen LogP contribution is -2.38. The van der Waals surface area contributed by atoms with Crippen LogP contribution in [0.5, 0.6) is 0 Å². The van der Waals surface area contributed by atoms with Crippen LogP contribution in [0.2, 0.25) is 0 Å². The quantitative estimate of drug-likeness (QED) is 0.862. The number of carbonyl (C=O) groups excluding carboxylic acids is 1. The van der Waals surface area contributed by atoms with Crippen LogP contribution in [0, 0.1) is 5.92 Å². The molecular weight excluding hydrogens is 292 g/mol. The molecule has 2 aromatic rings. The van der Waals surface area contributed by atoms with E-state index in [0.717, 1.165) is 17.0 Å². The second-order valence-electron chi connectivity index (χ2n) is 5.03. The molecule has 108 valence electrons. The molecule has 0 saturated carbocycles. The third-order valence-corrected chi connectivity index (χ3v) is 4.39. The highest BCUT2D eigenvalue weighted by Gasteiger charge is 2.17. The maximum absolute atomic E-state index is 12.1. The molecule has 0 aliphatic rings. The van der Waals surface area contributed by atoms with E-state index >= 15 is 0 Å². The first kappa shape index (κ1) is 15.2. The van der Waals surface area contributed by atoms with Crippen LogP contribution in [0.1, 0.15) is 30.8 Å². The third kappa shape index (κ3) is 3.88. The average Bonchev–Trinajstić information content (AvgIpc) is 3.07. The van der Waals surface area contributed by atoms with Gasteiger partial charge in [-0.3, -0.25) is 4.79 Å². The smallest absolute Gasteiger partial charge is 0.271 e. The van der Waals surface area contributed by atoms with Gasteiger partial charge in [0, 0.05) is 16.3 Å². The Hall–Kier alpha value is -1.24. The van der Waals surface area contributed by atoms with Crippen LogP contribution < -0.4 is 5.32 Å². The van der Waals surface area contributed by atoms with Gasteiger partial charge in [-0.1, -0.05) is 13.8 Å². The van der Waals surface area contributed by atoms with E-state index in [-0.39, 0.29) is 18.6 Å². The average molecular weight is 310 g/mol. The summed E-state index contributed by atoms with van der Waals surface area (Å²) in [5, 5.41) is 18.7. The summed E-state index contributed by atoms with van der Waals surface area (Å²) in [7, 11) is 0. The Morgan fingerprint density at radius 1 is 1.45 bits per heavy atom. The van der Waals surface area contributed by atoms with Crippen LogP contribution in [0.3, 0.4) is 0 Å². The summed E-state index contributed by atoms with van der Waals surface area (Å²) < 4.78 is 0. The Kier molecular flexibility index (Phi) is 5.28. The number of aromatic nitrogens is 1. The van der Waals surface area contributed by atoms with Crippen molar-refractivity contribution in [3.05, 3.63) is 27.9 Å². The molecule has 0 bridgehead atoms. The molecule has 0 saturated heterocycles. The van der Waals surface area contributed by atoms with Gasteiger partial charge < -0.3 is 10.4 Å². The van der Waals surface area contributed by atoms with Gasteiger partial charge >= 0.3 is 0 Å². The standard InChI is InChI=1S/C14H18N2O2S2/c1-9(2)5-11(6-17)15-13(18)12-8-20-14(16-12)10-3-4-19-7-10/h3-4,7-9,11,17H,5-6H2,1-2H3,(H,15,18). The van der Waals surface area contributed by atoms with Gasteiger partial charge in [0.15, 0.2) is 0 Å². The van der Waals surface area contributed by atoms with Gasteiger partial charge in [0.1, 0.15) is 10.7 Å². The predicted molar refractivity (Wildman–Crippen MR) is 83.2 cm³/mol. The summed E-state index contributed by atoms with van der Waals surface area (Å²) in [6, 6.07) is 1.77. The number of thiophene rings is 1. The molecule has 0 aliphatic carbocycles. The lowest BCUT2D eigenvalue weighted by molar-refractivity contribution is 0.0904. The fourth-order valence-electron chi connectivity index (χ4n) is 1.90. The summed E-state index contributed by atoms with van der Waals surface area (Å²) >= 11 is 3.06. The molecule has 0 spiro atoms. The zero-order chi connectivity index (χ0) is 14.5. The van der Waals surface area contributed by atoms with Gasteiger partial charge in [-0.05, 0) is 23.8 Å². The van der Waals surface area contributed by atoms with Crippen molar-refractivity contribution in [3.8, 4) is 10.6 Å². The van der Waals surface area contributed by atoms with Gasteiger partial charge in [0.05, 0.1) is 12.6 Å². The summed E-state index contributed by atoms with van der Waals surface area (Å²) in [6.07, 6.45) is 0.754. The van der Waals surface area contributed by atoms with Crippen molar-refractivity contribution in [2.24, 2.45) is 5.92 Å². The molecular formula is C14H18N2O2S2. The van der Waals surface area contributed by atoms with Crippen molar-refractivity contribution in [2.75, 3.05) is 6.61 Å². The second-order valence-corrected chi connectivity index (χ2v) is 6.67. The minimum atomic E-state index is -0.220. The molecule has 1 unspecified atom stereocenters. The number of nitrogens with one attached hydrogen (secondary N) is 1. The first-order valence-corrected chi connectivity index (χ1v) is 8.32. The molecule has 2 heterocycles. The van der Waals surface area contributed by atoms with Gasteiger partial charge in [-0.15, -0.1) is 11.3 Å². The predicted octanol–water partition coefficient (Wildman–Crippen LogP) is 3.01. The summed E-state index contributed by atoms with van der Waals surface area (Å²) in [6.45, 7) is 4.07. The molecule has 2 rings (SSSR count). The maximum atomic E-state index is 12.1. The molecule has 0 aromatic carbocycles. The van der Waals surface area contributed by atoms with Crippen LogP contribution in [-0.4, -0.2) is 28.6 Å². The Morgan fingerprint density at radius 3 is 2.85 bits per heavy atom. The van der Waals surface area contributed by atoms with E-state index in [1.165, 1.54) is 11.3 Å². The van der Waals surface area contributed by atoms with Crippen molar-refractivity contribution in [1.29, 1.82) is 0 Å². The Balaban J connectivity index is 2.02. The van der Waals surface area contributed by atoms with Crippen LogP contribution in [0.4, 0.5) is 0 Å². The van der Waals surface area contributed by atoms with Gasteiger partial charge in [0.2, 0.25) is 0 Å². The molecule has 1 atom stereocenters. The highest BCUT2D eigenvalue weighted by Crippen LogP contribution is 2.25. The van der Waals surface area contributed by atoms with Crippen LogP contribution in [0.25, 0.3) is 10.6 Å². The molecule has 2 aromatic heterocycles. The lowest BCUT2D eigenvalue weighted by atomic mass is 10.0.